The van der Waals surface area contributed by atoms with Gasteiger partial charge in [-0.1, -0.05) is 20.8 Å². The molecule has 0 heterocycles. The molecule has 2 atom stereocenters. The first-order chi connectivity index (χ1) is 8.95. The largest absolute Gasteiger partial charge is 0.382 e. The highest BCUT2D eigenvalue weighted by atomic mass is 14.9. The molecular weight excluding hydrogens is 234 g/mol. The van der Waals surface area contributed by atoms with E-state index in [0.717, 1.165) is 12.1 Å². The zero-order valence-electron chi connectivity index (χ0n) is 11.7. The highest BCUT2D eigenvalue weighted by Gasteiger charge is 2.36. The van der Waals surface area contributed by atoms with Gasteiger partial charge in [0.15, 0.2) is 0 Å². The van der Waals surface area contributed by atoms with Crippen molar-refractivity contribution >= 4 is 5.69 Å². The Morgan fingerprint density at radius 2 is 1.84 bits per heavy atom. The normalized spacial score (nSPS) is 24.5. The minimum Gasteiger partial charge on any atom is -0.382 e. The number of rotatable bonds is 2. The summed E-state index contributed by atoms with van der Waals surface area (Å²) in [6.45, 7) is 6.86. The summed E-state index contributed by atoms with van der Waals surface area (Å²) >= 11 is 0. The molecule has 0 bridgehead atoms. The molecule has 2 rings (SSSR count). The summed E-state index contributed by atoms with van der Waals surface area (Å²) in [5, 5.41) is 21.5. The van der Waals surface area contributed by atoms with E-state index in [1.54, 1.807) is 12.1 Å². The van der Waals surface area contributed by atoms with Crippen LogP contribution in [0.25, 0.3) is 0 Å². The molecule has 0 saturated heterocycles. The predicted octanol–water partition coefficient (Wildman–Crippen LogP) is 3.67. The molecule has 3 nitrogen and oxygen atoms in total. The summed E-state index contributed by atoms with van der Waals surface area (Å²) in [7, 11) is 0. The van der Waals surface area contributed by atoms with Crippen molar-refractivity contribution in [3.8, 4) is 12.1 Å². The van der Waals surface area contributed by atoms with Gasteiger partial charge in [0.2, 0.25) is 0 Å². The molecule has 3 heteroatoms. The van der Waals surface area contributed by atoms with E-state index in [1.165, 1.54) is 6.42 Å². The average Bonchev–Trinajstić information content (AvgIpc) is 2.62. The molecule has 19 heavy (non-hydrogen) atoms. The Balaban J connectivity index is 2.17. The number of nitriles is 2. The number of hydrogen-bond acceptors (Lipinski definition) is 3. The van der Waals surface area contributed by atoms with Gasteiger partial charge in [-0.3, -0.25) is 0 Å². The van der Waals surface area contributed by atoms with Crippen LogP contribution < -0.4 is 5.32 Å². The molecule has 2 unspecified atom stereocenters. The van der Waals surface area contributed by atoms with Gasteiger partial charge in [-0.15, -0.1) is 0 Å². The number of nitrogens with one attached hydrogen (secondary N) is 1. The van der Waals surface area contributed by atoms with Crippen LogP contribution in [0.1, 0.15) is 44.7 Å². The summed E-state index contributed by atoms with van der Waals surface area (Å²) in [5.74, 6) is 0.621. The minimum atomic E-state index is 0.377. The van der Waals surface area contributed by atoms with Gasteiger partial charge in [0.05, 0.1) is 11.1 Å². The second-order valence-corrected chi connectivity index (χ2v) is 6.28. The van der Waals surface area contributed by atoms with Gasteiger partial charge in [-0.2, -0.15) is 10.5 Å². The van der Waals surface area contributed by atoms with Crippen molar-refractivity contribution in [1.82, 2.24) is 0 Å². The number of benzene rings is 1. The van der Waals surface area contributed by atoms with Crippen LogP contribution in [-0.2, 0) is 0 Å². The van der Waals surface area contributed by atoms with Gasteiger partial charge >= 0.3 is 0 Å². The molecular formula is C16H19N3. The number of anilines is 1. The van der Waals surface area contributed by atoms with E-state index in [9.17, 15) is 0 Å². The van der Waals surface area contributed by atoms with Gasteiger partial charge in [0.1, 0.15) is 12.1 Å². The van der Waals surface area contributed by atoms with Gasteiger partial charge < -0.3 is 5.32 Å². The van der Waals surface area contributed by atoms with Crippen LogP contribution in [0.4, 0.5) is 5.69 Å². The second-order valence-electron chi connectivity index (χ2n) is 6.28. The molecule has 1 saturated carbocycles. The van der Waals surface area contributed by atoms with Crippen LogP contribution >= 0.6 is 0 Å². The van der Waals surface area contributed by atoms with Crippen LogP contribution in [-0.4, -0.2) is 6.04 Å². The van der Waals surface area contributed by atoms with Gasteiger partial charge in [-0.05, 0) is 42.4 Å². The Morgan fingerprint density at radius 3 is 2.37 bits per heavy atom. The Hall–Kier alpha value is -2.00. The molecule has 0 amide bonds. The van der Waals surface area contributed by atoms with Crippen molar-refractivity contribution in [3.05, 3.63) is 29.3 Å². The maximum Gasteiger partial charge on any atom is 0.101 e. The standard InChI is InChI=1S/C16H19N3/c1-11-7-16(2,3)8-15(11)19-14-5-4-12(9-17)13(6-14)10-18/h4-6,11,15,19H,7-8H2,1-3H3. The zero-order valence-corrected chi connectivity index (χ0v) is 11.7. The third kappa shape index (κ3) is 2.88. The lowest BCUT2D eigenvalue weighted by atomic mass is 9.91. The molecule has 0 radical (unpaired) electrons. The maximum atomic E-state index is 9.04. The van der Waals surface area contributed by atoms with Gasteiger partial charge in [0, 0.05) is 11.7 Å². The highest BCUT2D eigenvalue weighted by Crippen LogP contribution is 2.42. The van der Waals surface area contributed by atoms with E-state index < -0.39 is 0 Å². The third-order valence-electron chi connectivity index (χ3n) is 3.95. The summed E-state index contributed by atoms with van der Waals surface area (Å²) < 4.78 is 0. The average molecular weight is 253 g/mol. The van der Waals surface area contributed by atoms with E-state index in [1.807, 2.05) is 12.1 Å². The fraction of sp³-hybridized carbons (Fsp3) is 0.500. The molecule has 0 aliphatic heterocycles. The Kier molecular flexibility index (Phi) is 3.49. The lowest BCUT2D eigenvalue weighted by molar-refractivity contribution is 0.366. The monoisotopic (exact) mass is 253 g/mol. The molecule has 98 valence electrons. The van der Waals surface area contributed by atoms with Gasteiger partial charge in [-0.25, -0.2) is 0 Å². The van der Waals surface area contributed by atoms with Crippen molar-refractivity contribution in [2.45, 2.75) is 39.7 Å². The smallest absolute Gasteiger partial charge is 0.101 e. The Morgan fingerprint density at radius 1 is 1.16 bits per heavy atom. The highest BCUT2D eigenvalue weighted by molar-refractivity contribution is 5.56. The van der Waals surface area contributed by atoms with Crippen molar-refractivity contribution in [2.75, 3.05) is 5.32 Å². The number of hydrogen-bond donors (Lipinski definition) is 1. The lowest BCUT2D eigenvalue weighted by Gasteiger charge is -2.20. The molecule has 0 spiro atoms. The molecule has 1 aliphatic carbocycles. The molecule has 1 aliphatic rings. The van der Waals surface area contributed by atoms with Crippen molar-refractivity contribution in [3.63, 3.8) is 0 Å². The molecule has 1 fully saturated rings. The first-order valence-corrected chi connectivity index (χ1v) is 6.66. The Labute approximate surface area is 114 Å². The summed E-state index contributed by atoms with van der Waals surface area (Å²) in [5.41, 5.74) is 2.19. The molecule has 0 aromatic heterocycles. The number of nitrogens with zero attached hydrogens (tertiary/aromatic N) is 2. The Bertz CT molecular complexity index is 560. The summed E-state index contributed by atoms with van der Waals surface area (Å²) in [6, 6.07) is 9.93. The van der Waals surface area contributed by atoms with E-state index in [2.05, 4.69) is 32.2 Å². The van der Waals surface area contributed by atoms with Crippen molar-refractivity contribution < 1.29 is 0 Å². The van der Waals surface area contributed by atoms with Crippen molar-refractivity contribution in [2.24, 2.45) is 11.3 Å². The first kappa shape index (κ1) is 13.4. The topological polar surface area (TPSA) is 59.6 Å². The SMILES string of the molecule is CC1CC(C)(C)CC1Nc1ccc(C#N)c(C#N)c1. The summed E-state index contributed by atoms with van der Waals surface area (Å²) in [4.78, 5) is 0. The predicted molar refractivity (Wildman–Crippen MR) is 75.5 cm³/mol. The van der Waals surface area contributed by atoms with Crippen molar-refractivity contribution in [1.29, 1.82) is 10.5 Å². The quantitative estimate of drug-likeness (QED) is 0.874. The van der Waals surface area contributed by atoms with Crippen LogP contribution in [0.15, 0.2) is 18.2 Å². The maximum absolute atomic E-state index is 9.04. The van der Waals surface area contributed by atoms with Crippen LogP contribution in [0.5, 0.6) is 0 Å². The third-order valence-corrected chi connectivity index (χ3v) is 3.95. The van der Waals surface area contributed by atoms with E-state index in [4.69, 9.17) is 10.5 Å². The van der Waals surface area contributed by atoms with E-state index in [-0.39, 0.29) is 0 Å². The molecule has 1 aromatic carbocycles. The lowest BCUT2D eigenvalue weighted by Crippen LogP contribution is -2.22. The first-order valence-electron chi connectivity index (χ1n) is 6.66. The molecule has 1 aromatic rings. The fourth-order valence-electron chi connectivity index (χ4n) is 3.13. The fourth-order valence-corrected chi connectivity index (χ4v) is 3.13. The van der Waals surface area contributed by atoms with E-state index in [0.29, 0.717) is 28.5 Å². The van der Waals surface area contributed by atoms with Crippen LogP contribution in [0.2, 0.25) is 0 Å². The minimum absolute atomic E-state index is 0.377. The van der Waals surface area contributed by atoms with Gasteiger partial charge in [0.25, 0.3) is 0 Å². The second kappa shape index (κ2) is 4.94. The van der Waals surface area contributed by atoms with Crippen LogP contribution in [0, 0.1) is 34.0 Å². The zero-order chi connectivity index (χ0) is 14.0. The summed E-state index contributed by atoms with van der Waals surface area (Å²) in [6.07, 6.45) is 2.35. The molecule has 1 N–H and O–H groups in total. The van der Waals surface area contributed by atoms with Crippen LogP contribution in [0.3, 0.4) is 0 Å². The van der Waals surface area contributed by atoms with E-state index >= 15 is 0 Å².